The summed E-state index contributed by atoms with van der Waals surface area (Å²) in [5.74, 6) is 0. The van der Waals surface area contributed by atoms with E-state index in [1.165, 1.54) is 12.1 Å². The zero-order valence-electron chi connectivity index (χ0n) is 14.5. The quantitative estimate of drug-likeness (QED) is 0.514. The fourth-order valence-electron chi connectivity index (χ4n) is 3.05. The van der Waals surface area contributed by atoms with E-state index in [1.807, 2.05) is 6.07 Å². The van der Waals surface area contributed by atoms with Crippen LogP contribution in [0.5, 0.6) is 0 Å². The Labute approximate surface area is 166 Å². The van der Waals surface area contributed by atoms with Crippen molar-refractivity contribution in [2.75, 3.05) is 4.72 Å². The lowest BCUT2D eigenvalue weighted by Gasteiger charge is -2.15. The third kappa shape index (κ3) is 3.40. The van der Waals surface area contributed by atoms with E-state index in [4.69, 9.17) is 11.6 Å². The topological polar surface area (TPSA) is 79.0 Å². The van der Waals surface area contributed by atoms with Crippen LogP contribution in [0.1, 0.15) is 0 Å². The zero-order chi connectivity index (χ0) is 19.7. The Morgan fingerprint density at radius 3 is 2.18 bits per heavy atom. The Balaban J connectivity index is 2.01. The van der Waals surface area contributed by atoms with Crippen molar-refractivity contribution in [3.63, 3.8) is 0 Å². The van der Waals surface area contributed by atoms with Crippen LogP contribution in [-0.2, 0) is 10.0 Å². The maximum atomic E-state index is 13.0. The summed E-state index contributed by atoms with van der Waals surface area (Å²) in [6, 6.07) is 21.9. The summed E-state index contributed by atoms with van der Waals surface area (Å²) in [6.45, 7) is 0. The first-order valence-electron chi connectivity index (χ1n) is 8.44. The molecule has 0 bridgehead atoms. The lowest BCUT2D eigenvalue weighted by atomic mass is 10.0. The van der Waals surface area contributed by atoms with E-state index in [0.29, 0.717) is 21.5 Å². The molecule has 0 aliphatic rings. The van der Waals surface area contributed by atoms with E-state index in [2.05, 4.69) is 9.71 Å². The Morgan fingerprint density at radius 1 is 0.857 bits per heavy atom. The number of benzene rings is 3. The number of halogens is 1. The fourth-order valence-corrected chi connectivity index (χ4v) is 4.34. The van der Waals surface area contributed by atoms with Gasteiger partial charge in [0.2, 0.25) is 0 Å². The van der Waals surface area contributed by atoms with Gasteiger partial charge < -0.3 is 4.98 Å². The molecule has 0 saturated carbocycles. The summed E-state index contributed by atoms with van der Waals surface area (Å²) in [6.07, 6.45) is 0. The van der Waals surface area contributed by atoms with E-state index in [0.717, 1.165) is 0 Å². The van der Waals surface area contributed by atoms with E-state index in [1.54, 1.807) is 60.7 Å². The minimum absolute atomic E-state index is 0.108. The highest BCUT2D eigenvalue weighted by molar-refractivity contribution is 7.92. The molecule has 0 amide bonds. The Hall–Kier alpha value is -3.09. The van der Waals surface area contributed by atoms with Gasteiger partial charge in [0.25, 0.3) is 15.6 Å². The highest BCUT2D eigenvalue weighted by Crippen LogP contribution is 2.33. The Bertz CT molecular complexity index is 1320. The molecule has 0 atom stereocenters. The molecule has 2 N–H and O–H groups in total. The smallest absolute Gasteiger partial charge is 0.261 e. The van der Waals surface area contributed by atoms with Gasteiger partial charge in [0.1, 0.15) is 0 Å². The standard InChI is InChI=1S/C21H15ClN2O3S/c22-15-11-12-17-18(13-15)23-21(25)19(14-7-3-1-4-8-14)20(17)24-28(26,27)16-9-5-2-6-10-16/h1-13H,(H2,23,24,25). The van der Waals surface area contributed by atoms with Crippen LogP contribution in [0, 0.1) is 0 Å². The number of aromatic nitrogens is 1. The number of fused-ring (bicyclic) bond motifs is 1. The summed E-state index contributed by atoms with van der Waals surface area (Å²) in [7, 11) is -3.90. The average Bonchev–Trinajstić information content (AvgIpc) is 2.69. The first-order valence-corrected chi connectivity index (χ1v) is 10.3. The molecule has 0 unspecified atom stereocenters. The minimum atomic E-state index is -3.90. The molecule has 0 radical (unpaired) electrons. The molecule has 1 aromatic heterocycles. The number of rotatable bonds is 4. The number of hydrogen-bond donors (Lipinski definition) is 2. The van der Waals surface area contributed by atoms with Crippen LogP contribution >= 0.6 is 11.6 Å². The van der Waals surface area contributed by atoms with Gasteiger partial charge >= 0.3 is 0 Å². The SMILES string of the molecule is O=c1[nH]c2cc(Cl)ccc2c(NS(=O)(=O)c2ccccc2)c1-c1ccccc1. The molecule has 1 heterocycles. The summed E-state index contributed by atoms with van der Waals surface area (Å²) < 4.78 is 28.5. The number of nitrogens with one attached hydrogen (secondary N) is 2. The molecule has 0 aliphatic heterocycles. The van der Waals surface area contributed by atoms with Crippen molar-refractivity contribution in [1.29, 1.82) is 0 Å². The van der Waals surface area contributed by atoms with Crippen LogP contribution < -0.4 is 10.3 Å². The number of sulfonamides is 1. The highest BCUT2D eigenvalue weighted by Gasteiger charge is 2.21. The molecule has 28 heavy (non-hydrogen) atoms. The molecule has 7 heteroatoms. The summed E-state index contributed by atoms with van der Waals surface area (Å²) >= 11 is 6.05. The molecule has 5 nitrogen and oxygen atoms in total. The minimum Gasteiger partial charge on any atom is -0.321 e. The van der Waals surface area contributed by atoms with Crippen molar-refractivity contribution in [2.45, 2.75) is 4.90 Å². The number of anilines is 1. The predicted octanol–water partition coefficient (Wildman–Crippen LogP) is 4.65. The van der Waals surface area contributed by atoms with Gasteiger partial charge in [0.05, 0.1) is 21.7 Å². The van der Waals surface area contributed by atoms with Crippen LogP contribution in [0.2, 0.25) is 5.02 Å². The molecule has 0 spiro atoms. The van der Waals surface area contributed by atoms with Crippen LogP contribution in [0.25, 0.3) is 22.0 Å². The second-order valence-corrected chi connectivity index (χ2v) is 8.30. The maximum Gasteiger partial charge on any atom is 0.261 e. The molecule has 4 rings (SSSR count). The second kappa shape index (κ2) is 7.14. The zero-order valence-corrected chi connectivity index (χ0v) is 16.1. The molecule has 3 aromatic carbocycles. The summed E-state index contributed by atoms with van der Waals surface area (Å²) in [4.78, 5) is 15.8. The first kappa shape index (κ1) is 18.3. The fraction of sp³-hybridized carbons (Fsp3) is 0. The predicted molar refractivity (Wildman–Crippen MR) is 112 cm³/mol. The maximum absolute atomic E-state index is 13.0. The van der Waals surface area contributed by atoms with E-state index < -0.39 is 15.6 Å². The van der Waals surface area contributed by atoms with Gasteiger partial charge in [-0.2, -0.15) is 0 Å². The average molecular weight is 411 g/mol. The van der Waals surface area contributed by atoms with Crippen LogP contribution in [0.3, 0.4) is 0 Å². The van der Waals surface area contributed by atoms with Crippen molar-refractivity contribution in [2.24, 2.45) is 0 Å². The lowest BCUT2D eigenvalue weighted by molar-refractivity contribution is 0.601. The van der Waals surface area contributed by atoms with Gasteiger partial charge in [-0.15, -0.1) is 0 Å². The van der Waals surface area contributed by atoms with Gasteiger partial charge in [-0.05, 0) is 35.9 Å². The van der Waals surface area contributed by atoms with Crippen molar-refractivity contribution in [3.8, 4) is 11.1 Å². The van der Waals surface area contributed by atoms with Crippen molar-refractivity contribution in [3.05, 3.63) is 94.2 Å². The normalized spacial score (nSPS) is 11.5. The summed E-state index contributed by atoms with van der Waals surface area (Å²) in [5.41, 5.74) is 1.10. The number of aromatic amines is 1. The van der Waals surface area contributed by atoms with Gasteiger partial charge in [0, 0.05) is 10.4 Å². The molecular formula is C21H15ClN2O3S. The van der Waals surface area contributed by atoms with Crippen LogP contribution in [0.4, 0.5) is 5.69 Å². The number of H-pyrrole nitrogens is 1. The van der Waals surface area contributed by atoms with Gasteiger partial charge in [0.15, 0.2) is 0 Å². The molecule has 140 valence electrons. The summed E-state index contributed by atoms with van der Waals surface area (Å²) in [5, 5.41) is 0.981. The lowest BCUT2D eigenvalue weighted by Crippen LogP contribution is -2.18. The van der Waals surface area contributed by atoms with E-state index in [-0.39, 0.29) is 16.1 Å². The van der Waals surface area contributed by atoms with Crippen molar-refractivity contribution < 1.29 is 8.42 Å². The molecule has 0 fully saturated rings. The van der Waals surface area contributed by atoms with Crippen LogP contribution in [-0.4, -0.2) is 13.4 Å². The molecule has 0 aliphatic carbocycles. The van der Waals surface area contributed by atoms with E-state index in [9.17, 15) is 13.2 Å². The molecule has 4 aromatic rings. The van der Waals surface area contributed by atoms with Gasteiger partial charge in [-0.3, -0.25) is 9.52 Å². The first-order chi connectivity index (χ1) is 13.5. The Kier molecular flexibility index (Phi) is 4.66. The third-order valence-corrected chi connectivity index (χ3v) is 5.93. The largest absolute Gasteiger partial charge is 0.321 e. The van der Waals surface area contributed by atoms with Crippen LogP contribution in [0.15, 0.2) is 88.6 Å². The van der Waals surface area contributed by atoms with Crippen molar-refractivity contribution in [1.82, 2.24) is 4.98 Å². The third-order valence-electron chi connectivity index (χ3n) is 4.33. The van der Waals surface area contributed by atoms with Gasteiger partial charge in [-0.1, -0.05) is 60.1 Å². The number of hydrogen-bond acceptors (Lipinski definition) is 3. The Morgan fingerprint density at radius 2 is 1.50 bits per heavy atom. The highest BCUT2D eigenvalue weighted by atomic mass is 35.5. The van der Waals surface area contributed by atoms with Crippen molar-refractivity contribution >= 4 is 38.2 Å². The monoisotopic (exact) mass is 410 g/mol. The molecular weight excluding hydrogens is 396 g/mol. The molecule has 0 saturated heterocycles. The van der Waals surface area contributed by atoms with Gasteiger partial charge in [-0.25, -0.2) is 8.42 Å². The van der Waals surface area contributed by atoms with E-state index >= 15 is 0 Å². The number of pyridine rings is 1. The second-order valence-electron chi connectivity index (χ2n) is 6.18.